The first-order valence-corrected chi connectivity index (χ1v) is 23.6. The van der Waals surface area contributed by atoms with Crippen LogP contribution >= 0.6 is 0 Å². The molecule has 4 aliphatic rings. The van der Waals surface area contributed by atoms with Gasteiger partial charge in [-0.15, -0.1) is 0 Å². The number of nitrogens with one attached hydrogen (secondary N) is 3. The first-order valence-electron chi connectivity index (χ1n) is 23.6. The second-order valence-corrected chi connectivity index (χ2v) is 17.8. The third kappa shape index (κ3) is 9.47. The van der Waals surface area contributed by atoms with E-state index in [2.05, 4.69) is 56.4 Å². The zero-order valence-electron chi connectivity index (χ0n) is 39.2. The van der Waals surface area contributed by atoms with Crippen molar-refractivity contribution < 1.29 is 43.9 Å². The maximum atomic E-state index is 13.1. The molecule has 0 radical (unpaired) electrons. The highest BCUT2D eigenvalue weighted by Gasteiger charge is 2.30. The molecule has 0 aromatic carbocycles. The number of aliphatic hydroxyl groups excluding tert-OH is 2. The molecule has 8 N–H and O–H groups in total. The molecule has 12 rings (SSSR count). The molecule has 8 aromatic rings. The number of carboxylic acid groups (broad SMARTS) is 1. The lowest BCUT2D eigenvalue weighted by atomic mass is 10.1. The molecule has 23 heteroatoms. The molecular weight excluding hydrogens is 917 g/mol. The summed E-state index contributed by atoms with van der Waals surface area (Å²) < 4.78 is 28.9. The van der Waals surface area contributed by atoms with Gasteiger partial charge in [-0.05, 0) is 49.9 Å². The van der Waals surface area contributed by atoms with Crippen LogP contribution in [0.4, 0.5) is 11.6 Å². The van der Waals surface area contributed by atoms with Gasteiger partial charge in [-0.2, -0.15) is 19.2 Å². The van der Waals surface area contributed by atoms with Crippen LogP contribution in [-0.2, 0) is 18.9 Å². The number of pyridine rings is 2. The highest BCUT2D eigenvalue weighted by molar-refractivity contribution is 6.01. The van der Waals surface area contributed by atoms with E-state index in [1.165, 1.54) is 16.9 Å². The number of fused-ring (bicyclic) bond motifs is 4. The number of hydrogen-bond donors (Lipinski definition) is 7. The predicted molar refractivity (Wildman–Crippen MR) is 261 cm³/mol. The standard InChI is InChI=1S/C24H27N7O4.C20H20N6O3.C4H9NO2/c1-25-21-8-18(17-10-30(14-4-3-7-34-11-14)22-15(17)5-2-6-26-22)28-23-16(9-27-31(21)23)24(33)29-19-12-35-13-20(19)32;1-21-17-8-16(24-19-14(20(27)28)9-23-26(17)19)15-10-25(12-4-3-7-29-11-12)18-13(15)5-2-6-22-18;5-3-1-7-2-4(3)6/h2,5-6,8-10,14,19-20,25,32H,3-4,7,11-13H2,1H3,(H,29,33);2,5-6,8-10,12,21H,3-4,7,11H2,1H3,(H,27,28);3-4,6H,1-2,5H2/t14-,19?,20-;12-;3-,4+/m110/s1. The highest BCUT2D eigenvalue weighted by atomic mass is 16.5. The fraction of sp³-hybridized carbons (Fsp3) is 0.417. The van der Waals surface area contributed by atoms with Gasteiger partial charge in [0.1, 0.15) is 34.1 Å². The summed E-state index contributed by atoms with van der Waals surface area (Å²) in [7, 11) is 3.57. The number of carbonyl (C=O) groups excluding carboxylic acids is 1. The lowest BCUT2D eigenvalue weighted by Gasteiger charge is -2.24. The van der Waals surface area contributed by atoms with E-state index >= 15 is 0 Å². The number of nitrogens with zero attached hydrogens (tertiary/aromatic N) is 10. The topological polar surface area (TPSA) is 290 Å². The van der Waals surface area contributed by atoms with Crippen molar-refractivity contribution in [2.45, 2.75) is 62.1 Å². The third-order valence-corrected chi connectivity index (χ3v) is 13.2. The third-order valence-electron chi connectivity index (χ3n) is 13.2. The van der Waals surface area contributed by atoms with Crippen molar-refractivity contribution in [2.24, 2.45) is 5.73 Å². The number of carbonyl (C=O) groups is 2. The second-order valence-electron chi connectivity index (χ2n) is 17.8. The van der Waals surface area contributed by atoms with Gasteiger partial charge < -0.3 is 65.1 Å². The molecule has 71 heavy (non-hydrogen) atoms. The van der Waals surface area contributed by atoms with Gasteiger partial charge in [0.05, 0.1) is 99.8 Å². The van der Waals surface area contributed by atoms with Crippen molar-refractivity contribution in [3.05, 3.63) is 84.7 Å². The van der Waals surface area contributed by atoms with Crippen molar-refractivity contribution in [2.75, 3.05) is 77.6 Å². The first-order chi connectivity index (χ1) is 34.6. The van der Waals surface area contributed by atoms with E-state index in [9.17, 15) is 19.8 Å². The smallest absolute Gasteiger partial charge is 0.341 e. The Labute approximate surface area is 405 Å². The molecule has 0 spiro atoms. The minimum Gasteiger partial charge on any atom is -0.477 e. The van der Waals surface area contributed by atoms with E-state index in [0.717, 1.165) is 72.1 Å². The van der Waals surface area contributed by atoms with E-state index in [1.807, 2.05) is 42.6 Å². The lowest BCUT2D eigenvalue weighted by molar-refractivity contribution is 0.0605. The van der Waals surface area contributed by atoms with Gasteiger partial charge in [0.25, 0.3) is 5.91 Å². The number of aliphatic hydroxyl groups is 2. The van der Waals surface area contributed by atoms with Crippen LogP contribution in [0.2, 0.25) is 0 Å². The van der Waals surface area contributed by atoms with E-state index in [-0.39, 0.29) is 42.8 Å². The summed E-state index contributed by atoms with van der Waals surface area (Å²) in [5.41, 5.74) is 11.3. The Bertz CT molecular complexity index is 3180. The molecule has 0 aliphatic carbocycles. The van der Waals surface area contributed by atoms with Crippen LogP contribution in [0.15, 0.2) is 73.6 Å². The van der Waals surface area contributed by atoms with Crippen molar-refractivity contribution >= 4 is 56.9 Å². The Morgan fingerprint density at radius 2 is 1.20 bits per heavy atom. The van der Waals surface area contributed by atoms with Crippen LogP contribution in [0.5, 0.6) is 0 Å². The second kappa shape index (κ2) is 20.7. The van der Waals surface area contributed by atoms with Crippen molar-refractivity contribution in [1.82, 2.24) is 53.6 Å². The molecule has 4 fully saturated rings. The molecule has 4 saturated heterocycles. The Morgan fingerprint density at radius 1 is 0.676 bits per heavy atom. The van der Waals surface area contributed by atoms with Gasteiger partial charge in [0, 0.05) is 86.1 Å². The van der Waals surface area contributed by atoms with Crippen LogP contribution in [0.25, 0.3) is 55.9 Å². The largest absolute Gasteiger partial charge is 0.477 e. The minimum absolute atomic E-state index is 0.0610. The Hall–Kier alpha value is -7.12. The van der Waals surface area contributed by atoms with Gasteiger partial charge >= 0.3 is 5.97 Å². The number of nitrogens with two attached hydrogens (primary N) is 1. The molecule has 0 bridgehead atoms. The summed E-state index contributed by atoms with van der Waals surface area (Å²) in [6.07, 6.45) is 13.4. The highest BCUT2D eigenvalue weighted by Crippen LogP contribution is 2.36. The monoisotopic (exact) mass is 972 g/mol. The van der Waals surface area contributed by atoms with Crippen LogP contribution in [0.3, 0.4) is 0 Å². The van der Waals surface area contributed by atoms with Crippen molar-refractivity contribution in [3.8, 4) is 22.5 Å². The Kier molecular flexibility index (Phi) is 13.9. The summed E-state index contributed by atoms with van der Waals surface area (Å²) in [5.74, 6) is -0.0674. The fourth-order valence-electron chi connectivity index (χ4n) is 9.37. The van der Waals surface area contributed by atoms with Gasteiger partial charge in [0.15, 0.2) is 11.3 Å². The van der Waals surface area contributed by atoms with Crippen LogP contribution in [-0.4, -0.2) is 167 Å². The number of carboxylic acids is 1. The maximum absolute atomic E-state index is 13.1. The van der Waals surface area contributed by atoms with Crippen LogP contribution in [0, 0.1) is 0 Å². The van der Waals surface area contributed by atoms with Crippen LogP contribution < -0.4 is 21.7 Å². The lowest BCUT2D eigenvalue weighted by Crippen LogP contribution is -2.42. The van der Waals surface area contributed by atoms with Gasteiger partial charge in [-0.3, -0.25) is 4.79 Å². The first kappa shape index (κ1) is 47.6. The minimum atomic E-state index is -1.06. The number of anilines is 2. The quantitative estimate of drug-likeness (QED) is 0.109. The summed E-state index contributed by atoms with van der Waals surface area (Å²) in [5, 5.41) is 47.8. The molecule has 0 saturated carbocycles. The average Bonchev–Trinajstić information content (AvgIpc) is 4.28. The van der Waals surface area contributed by atoms with Gasteiger partial charge in [0.2, 0.25) is 0 Å². The van der Waals surface area contributed by atoms with Crippen molar-refractivity contribution in [1.29, 1.82) is 0 Å². The van der Waals surface area contributed by atoms with E-state index in [1.54, 1.807) is 31.0 Å². The number of amides is 1. The molecule has 1 unspecified atom stereocenters. The Balaban J connectivity index is 0.000000146. The van der Waals surface area contributed by atoms with Crippen molar-refractivity contribution in [3.63, 3.8) is 0 Å². The normalized spacial score (nSPS) is 22.3. The van der Waals surface area contributed by atoms with Gasteiger partial charge in [-0.1, -0.05) is 0 Å². The molecular formula is C48H56N14O9. The number of aromatic carboxylic acids is 1. The van der Waals surface area contributed by atoms with E-state index in [4.69, 9.17) is 34.8 Å². The van der Waals surface area contributed by atoms with Gasteiger partial charge in [-0.25, -0.2) is 24.7 Å². The average molecular weight is 973 g/mol. The summed E-state index contributed by atoms with van der Waals surface area (Å²) in [4.78, 5) is 43.4. The maximum Gasteiger partial charge on any atom is 0.341 e. The molecule has 4 aliphatic heterocycles. The SMILES string of the molecule is CNc1cc(-c2cn([C@@H]3CCCOC3)c3ncccc23)nc2c(C(=O)NC3COC[C@H]3O)cnn12.CNc1cc(-c2cn([C@@H]3CCCOC3)c3ncccc23)nc2c(C(=O)O)cnn12.N[C@H]1COC[C@H]1O. The number of hydrogen-bond acceptors (Lipinski definition) is 17. The molecule has 23 nitrogen and oxygen atoms in total. The van der Waals surface area contributed by atoms with Crippen LogP contribution in [0.1, 0.15) is 58.5 Å². The number of rotatable bonds is 9. The zero-order chi connectivity index (χ0) is 49.2. The number of ether oxygens (including phenoxy) is 4. The Morgan fingerprint density at radius 3 is 1.63 bits per heavy atom. The molecule has 8 aromatic heterocycles. The summed E-state index contributed by atoms with van der Waals surface area (Å²) in [6.45, 7) is 4.26. The number of aromatic nitrogens is 10. The molecule has 372 valence electrons. The van der Waals surface area contributed by atoms with E-state index in [0.29, 0.717) is 66.3 Å². The zero-order valence-corrected chi connectivity index (χ0v) is 39.2. The summed E-state index contributed by atoms with van der Waals surface area (Å²) >= 11 is 0. The molecule has 6 atom stereocenters. The van der Waals surface area contributed by atoms with E-state index < -0.39 is 24.2 Å². The molecule has 12 heterocycles. The summed E-state index contributed by atoms with van der Waals surface area (Å²) in [6, 6.07) is 11.4. The predicted octanol–water partition coefficient (Wildman–Crippen LogP) is 3.17. The molecule has 1 amide bonds. The fourth-order valence-corrected chi connectivity index (χ4v) is 9.37.